The second kappa shape index (κ2) is 5.79. The van der Waals surface area contributed by atoms with Gasteiger partial charge in [-0.2, -0.15) is 4.99 Å². The second-order valence-electron chi connectivity index (χ2n) is 4.48. The van der Waals surface area contributed by atoms with E-state index in [0.29, 0.717) is 22.1 Å². The maximum absolute atomic E-state index is 12.0. The lowest BCUT2D eigenvalue weighted by Crippen LogP contribution is -2.13. The van der Waals surface area contributed by atoms with Crippen molar-refractivity contribution in [2.45, 2.75) is 13.3 Å². The van der Waals surface area contributed by atoms with Gasteiger partial charge in [0.15, 0.2) is 4.80 Å². The zero-order chi connectivity index (χ0) is 14.8. The predicted molar refractivity (Wildman–Crippen MR) is 82.1 cm³/mol. The fraction of sp³-hybridized carbons (Fsp3) is 0.214. The van der Waals surface area contributed by atoms with E-state index in [1.54, 1.807) is 11.3 Å². The predicted octanol–water partition coefficient (Wildman–Crippen LogP) is 2.78. The zero-order valence-electron chi connectivity index (χ0n) is 11.6. The van der Waals surface area contributed by atoms with Gasteiger partial charge in [-0.25, -0.2) is 4.98 Å². The largest absolute Gasteiger partial charge is 0.440 e. The Morgan fingerprint density at radius 1 is 1.43 bits per heavy atom. The van der Waals surface area contributed by atoms with Crippen molar-refractivity contribution in [2.75, 3.05) is 0 Å². The van der Waals surface area contributed by atoms with Crippen LogP contribution in [0.3, 0.4) is 0 Å². The maximum Gasteiger partial charge on any atom is 0.254 e. The van der Waals surface area contributed by atoms with Gasteiger partial charge in [0.2, 0.25) is 5.89 Å². The Labute approximate surface area is 129 Å². The highest BCUT2D eigenvalue weighted by Crippen LogP contribution is 2.26. The van der Waals surface area contributed by atoms with E-state index in [1.807, 2.05) is 47.6 Å². The molecule has 0 aliphatic rings. The lowest BCUT2D eigenvalue weighted by molar-refractivity contribution is -0.117. The minimum atomic E-state index is -0.220. The number of aromatic nitrogens is 2. The Balaban J connectivity index is 1.83. The topological polar surface area (TPSA) is 60.4 Å². The summed E-state index contributed by atoms with van der Waals surface area (Å²) in [5, 5.41) is 3.86. The lowest BCUT2D eigenvalue weighted by atomic mass is 10.2. The highest BCUT2D eigenvalue weighted by molar-refractivity contribution is 7.13. The van der Waals surface area contributed by atoms with Crippen LogP contribution in [0.5, 0.6) is 0 Å². The first-order valence-electron chi connectivity index (χ1n) is 6.31. The lowest BCUT2D eigenvalue weighted by Gasteiger charge is -1.92. The molecule has 0 saturated carbocycles. The number of carbonyl (C=O) groups is 1. The minimum Gasteiger partial charge on any atom is -0.440 e. The third kappa shape index (κ3) is 3.03. The molecule has 21 heavy (non-hydrogen) atoms. The monoisotopic (exact) mass is 319 g/mol. The molecule has 0 aromatic carbocycles. The molecule has 0 aliphatic heterocycles. The van der Waals surface area contributed by atoms with Gasteiger partial charge in [0.25, 0.3) is 5.91 Å². The average Bonchev–Trinajstić information content (AvgIpc) is 3.14. The molecule has 5 nitrogen and oxygen atoms in total. The van der Waals surface area contributed by atoms with E-state index < -0.39 is 0 Å². The average molecular weight is 319 g/mol. The summed E-state index contributed by atoms with van der Waals surface area (Å²) >= 11 is 2.99. The van der Waals surface area contributed by atoms with E-state index >= 15 is 0 Å². The molecular weight excluding hydrogens is 306 g/mol. The molecule has 3 aromatic heterocycles. The molecule has 0 bridgehead atoms. The molecule has 0 radical (unpaired) electrons. The summed E-state index contributed by atoms with van der Waals surface area (Å²) in [4.78, 5) is 22.2. The third-order valence-electron chi connectivity index (χ3n) is 2.92. The number of thiazole rings is 1. The van der Waals surface area contributed by atoms with Crippen molar-refractivity contribution in [3.8, 4) is 10.8 Å². The van der Waals surface area contributed by atoms with Crippen LogP contribution >= 0.6 is 22.7 Å². The smallest absolute Gasteiger partial charge is 0.254 e. The van der Waals surface area contributed by atoms with Gasteiger partial charge in [-0.15, -0.1) is 22.7 Å². The summed E-state index contributed by atoms with van der Waals surface area (Å²) < 4.78 is 7.44. The van der Waals surface area contributed by atoms with Crippen LogP contribution in [0, 0.1) is 6.92 Å². The number of rotatable bonds is 3. The van der Waals surface area contributed by atoms with Crippen LogP contribution in [0.2, 0.25) is 0 Å². The Morgan fingerprint density at radius 3 is 2.95 bits per heavy atom. The number of nitrogens with zero attached hydrogens (tertiary/aromatic N) is 3. The molecule has 3 heterocycles. The van der Waals surface area contributed by atoms with E-state index in [2.05, 4.69) is 9.98 Å². The van der Waals surface area contributed by atoms with Crippen LogP contribution in [-0.4, -0.2) is 15.5 Å². The molecule has 0 saturated heterocycles. The molecule has 108 valence electrons. The Hall–Kier alpha value is -1.99. The molecule has 3 aromatic rings. The Bertz CT molecular complexity index is 825. The van der Waals surface area contributed by atoms with E-state index in [-0.39, 0.29) is 12.3 Å². The van der Waals surface area contributed by atoms with Crippen LogP contribution < -0.4 is 4.80 Å². The molecule has 0 unspecified atom stereocenters. The van der Waals surface area contributed by atoms with E-state index in [4.69, 9.17) is 4.42 Å². The number of aryl methyl sites for hydroxylation is 2. The van der Waals surface area contributed by atoms with Gasteiger partial charge in [0, 0.05) is 18.6 Å². The highest BCUT2D eigenvalue weighted by Gasteiger charge is 2.15. The van der Waals surface area contributed by atoms with E-state index in [1.165, 1.54) is 11.3 Å². The fourth-order valence-electron chi connectivity index (χ4n) is 1.82. The van der Waals surface area contributed by atoms with Crippen molar-refractivity contribution in [3.63, 3.8) is 0 Å². The van der Waals surface area contributed by atoms with Gasteiger partial charge in [-0.3, -0.25) is 4.79 Å². The molecule has 0 aliphatic carbocycles. The SMILES string of the molecule is Cc1oc(-c2cccs2)nc1CC(=O)N=c1sccn1C. The minimum absolute atomic E-state index is 0.151. The summed E-state index contributed by atoms with van der Waals surface area (Å²) in [6.07, 6.45) is 2.02. The van der Waals surface area contributed by atoms with Crippen molar-refractivity contribution >= 4 is 28.6 Å². The second-order valence-corrected chi connectivity index (χ2v) is 6.30. The van der Waals surface area contributed by atoms with Gasteiger partial charge >= 0.3 is 0 Å². The van der Waals surface area contributed by atoms with Gasteiger partial charge in [0.05, 0.1) is 17.0 Å². The van der Waals surface area contributed by atoms with Crippen molar-refractivity contribution in [1.29, 1.82) is 0 Å². The molecule has 0 fully saturated rings. The Morgan fingerprint density at radius 2 is 2.29 bits per heavy atom. The van der Waals surface area contributed by atoms with Crippen LogP contribution in [0.25, 0.3) is 10.8 Å². The number of hydrogen-bond acceptors (Lipinski definition) is 5. The van der Waals surface area contributed by atoms with Crippen molar-refractivity contribution in [3.05, 3.63) is 45.3 Å². The van der Waals surface area contributed by atoms with Gasteiger partial charge in [-0.1, -0.05) is 6.07 Å². The van der Waals surface area contributed by atoms with Crippen LogP contribution in [-0.2, 0) is 18.3 Å². The van der Waals surface area contributed by atoms with Crippen LogP contribution in [0.4, 0.5) is 0 Å². The molecule has 0 N–H and O–H groups in total. The molecule has 0 atom stereocenters. The highest BCUT2D eigenvalue weighted by atomic mass is 32.1. The van der Waals surface area contributed by atoms with Crippen LogP contribution in [0.15, 0.2) is 38.5 Å². The maximum atomic E-state index is 12.0. The van der Waals surface area contributed by atoms with Crippen molar-refractivity contribution < 1.29 is 9.21 Å². The standard InChI is InChI=1S/C14H13N3O2S2/c1-9-10(15-13(19-9)11-4-3-6-20-11)8-12(18)16-14-17(2)5-7-21-14/h3-7H,8H2,1-2H3. The van der Waals surface area contributed by atoms with Crippen molar-refractivity contribution in [2.24, 2.45) is 12.0 Å². The normalized spacial score (nSPS) is 12.0. The van der Waals surface area contributed by atoms with Gasteiger partial charge in [-0.05, 0) is 18.4 Å². The van der Waals surface area contributed by atoms with Gasteiger partial charge < -0.3 is 8.98 Å². The number of amides is 1. The van der Waals surface area contributed by atoms with Crippen LogP contribution in [0.1, 0.15) is 11.5 Å². The molecule has 3 rings (SSSR count). The quantitative estimate of drug-likeness (QED) is 0.746. The number of carbonyl (C=O) groups excluding carboxylic acids is 1. The summed E-state index contributed by atoms with van der Waals surface area (Å²) in [7, 11) is 1.86. The summed E-state index contributed by atoms with van der Waals surface area (Å²) in [5.41, 5.74) is 0.645. The number of oxazole rings is 1. The number of thiophene rings is 1. The molecule has 7 heteroatoms. The molecule has 0 spiro atoms. The third-order valence-corrected chi connectivity index (χ3v) is 4.63. The van der Waals surface area contributed by atoms with Gasteiger partial charge in [0.1, 0.15) is 5.76 Å². The summed E-state index contributed by atoms with van der Waals surface area (Å²) in [6, 6.07) is 3.88. The van der Waals surface area contributed by atoms with E-state index in [9.17, 15) is 4.79 Å². The summed E-state index contributed by atoms with van der Waals surface area (Å²) in [5.74, 6) is 1.01. The first-order valence-corrected chi connectivity index (χ1v) is 8.07. The molecular formula is C14H13N3O2S2. The fourth-order valence-corrected chi connectivity index (χ4v) is 3.22. The zero-order valence-corrected chi connectivity index (χ0v) is 13.2. The first kappa shape index (κ1) is 14.0. The van der Waals surface area contributed by atoms with E-state index in [0.717, 1.165) is 4.88 Å². The number of hydrogen-bond donors (Lipinski definition) is 0. The van der Waals surface area contributed by atoms with Crippen molar-refractivity contribution in [1.82, 2.24) is 9.55 Å². The first-order chi connectivity index (χ1) is 10.1. The summed E-state index contributed by atoms with van der Waals surface area (Å²) in [6.45, 7) is 1.82. The Kier molecular flexibility index (Phi) is 3.85. The molecule has 1 amide bonds.